The van der Waals surface area contributed by atoms with Gasteiger partial charge in [0.05, 0.1) is 23.5 Å². The second-order valence-electron chi connectivity index (χ2n) is 5.60. The van der Waals surface area contributed by atoms with Crippen molar-refractivity contribution in [3.05, 3.63) is 58.7 Å². The largest absolute Gasteiger partial charge is 0.324 e. The number of hydrogen-bond donors (Lipinski definition) is 1. The fraction of sp³-hybridized carbons (Fsp3) is 0.222. The predicted octanol–water partition coefficient (Wildman–Crippen LogP) is 4.07. The Morgan fingerprint density at radius 1 is 1.00 bits per heavy atom. The Morgan fingerprint density at radius 2 is 1.67 bits per heavy atom. The molecule has 21 heavy (non-hydrogen) atoms. The highest BCUT2D eigenvalue weighted by atomic mass is 16.1. The normalized spacial score (nSPS) is 14.0. The maximum Gasteiger partial charge on any atom is 0.230 e. The molecule has 1 N–H and O–H groups in total. The van der Waals surface area contributed by atoms with Crippen molar-refractivity contribution in [2.75, 3.05) is 5.32 Å². The number of rotatable bonds is 1. The van der Waals surface area contributed by atoms with Crippen molar-refractivity contribution in [1.82, 2.24) is 0 Å². The molecule has 0 unspecified atom stereocenters. The zero-order valence-electron chi connectivity index (χ0n) is 12.5. The number of carbonyl (C=O) groups is 1. The van der Waals surface area contributed by atoms with Crippen LogP contribution in [0.1, 0.15) is 28.7 Å². The molecule has 0 aliphatic carbocycles. The maximum absolute atomic E-state index is 12.1. The Labute approximate surface area is 124 Å². The van der Waals surface area contributed by atoms with Crippen LogP contribution in [-0.4, -0.2) is 11.6 Å². The molecule has 0 radical (unpaired) electrons. The summed E-state index contributed by atoms with van der Waals surface area (Å²) >= 11 is 0. The smallest absolute Gasteiger partial charge is 0.230 e. The molecule has 0 saturated carbocycles. The lowest BCUT2D eigenvalue weighted by molar-refractivity contribution is -0.115. The van der Waals surface area contributed by atoms with Crippen LogP contribution in [0, 0.1) is 20.8 Å². The van der Waals surface area contributed by atoms with Gasteiger partial charge in [0.2, 0.25) is 5.91 Å². The molecular weight excluding hydrogens is 260 g/mol. The minimum absolute atomic E-state index is 0.0173. The molecule has 0 atom stereocenters. The number of amides is 1. The summed E-state index contributed by atoms with van der Waals surface area (Å²) in [4.78, 5) is 16.8. The van der Waals surface area contributed by atoms with Gasteiger partial charge in [-0.3, -0.25) is 9.79 Å². The molecule has 2 aromatic carbocycles. The van der Waals surface area contributed by atoms with E-state index in [0.29, 0.717) is 6.42 Å². The van der Waals surface area contributed by atoms with Crippen LogP contribution < -0.4 is 5.32 Å². The van der Waals surface area contributed by atoms with E-state index in [1.807, 2.05) is 50.2 Å². The zero-order valence-corrected chi connectivity index (χ0v) is 12.5. The molecule has 1 aliphatic heterocycles. The van der Waals surface area contributed by atoms with Crippen LogP contribution in [-0.2, 0) is 4.79 Å². The van der Waals surface area contributed by atoms with Crippen molar-refractivity contribution < 1.29 is 4.79 Å². The van der Waals surface area contributed by atoms with Crippen LogP contribution in [0.15, 0.2) is 41.4 Å². The van der Waals surface area contributed by atoms with Crippen molar-refractivity contribution in [3.63, 3.8) is 0 Å². The Bertz CT molecular complexity index is 743. The summed E-state index contributed by atoms with van der Waals surface area (Å²) in [7, 11) is 0. The van der Waals surface area contributed by atoms with E-state index in [1.54, 1.807) is 0 Å². The van der Waals surface area contributed by atoms with E-state index in [4.69, 9.17) is 4.99 Å². The van der Waals surface area contributed by atoms with Gasteiger partial charge in [0.15, 0.2) is 0 Å². The number of hydrogen-bond acceptors (Lipinski definition) is 2. The number of benzene rings is 2. The zero-order chi connectivity index (χ0) is 15.0. The Balaban J connectivity index is 2.12. The first-order chi connectivity index (χ1) is 10.0. The monoisotopic (exact) mass is 278 g/mol. The first-order valence-corrected chi connectivity index (χ1v) is 7.08. The third-order valence-corrected chi connectivity index (χ3v) is 3.85. The van der Waals surface area contributed by atoms with Crippen molar-refractivity contribution in [1.29, 1.82) is 0 Å². The summed E-state index contributed by atoms with van der Waals surface area (Å²) in [6, 6.07) is 12.2. The number of anilines is 1. The summed E-state index contributed by atoms with van der Waals surface area (Å²) in [6.45, 7) is 6.15. The van der Waals surface area contributed by atoms with Crippen molar-refractivity contribution in [3.8, 4) is 0 Å². The number of aliphatic imine (C=N–C) groups is 1. The first-order valence-electron chi connectivity index (χ1n) is 7.08. The molecular formula is C18H18N2O. The number of nitrogens with one attached hydrogen (secondary N) is 1. The lowest BCUT2D eigenvalue weighted by Gasteiger charge is -2.08. The maximum atomic E-state index is 12.1. The number of nitrogens with zero attached hydrogens (tertiary/aromatic N) is 1. The third-order valence-electron chi connectivity index (χ3n) is 3.85. The summed E-state index contributed by atoms with van der Waals surface area (Å²) in [5.74, 6) is -0.0173. The van der Waals surface area contributed by atoms with E-state index >= 15 is 0 Å². The van der Waals surface area contributed by atoms with Gasteiger partial charge in [-0.05, 0) is 49.6 Å². The Kier molecular flexibility index (Phi) is 3.34. The van der Waals surface area contributed by atoms with E-state index in [9.17, 15) is 4.79 Å². The molecule has 0 fully saturated rings. The van der Waals surface area contributed by atoms with Crippen molar-refractivity contribution >= 4 is 23.0 Å². The average Bonchev–Trinajstić information content (AvgIpc) is 2.59. The minimum Gasteiger partial charge on any atom is -0.324 e. The summed E-state index contributed by atoms with van der Waals surface area (Å²) in [6.07, 6.45) is 0.301. The van der Waals surface area contributed by atoms with Crippen LogP contribution in [0.25, 0.3) is 0 Å². The number of carbonyl (C=O) groups excluding carboxylic acids is 1. The highest BCUT2D eigenvalue weighted by Gasteiger charge is 2.17. The van der Waals surface area contributed by atoms with Crippen LogP contribution in [0.5, 0.6) is 0 Å². The van der Waals surface area contributed by atoms with E-state index in [2.05, 4.69) is 12.2 Å². The van der Waals surface area contributed by atoms with Crippen molar-refractivity contribution in [2.45, 2.75) is 27.2 Å². The van der Waals surface area contributed by atoms with Gasteiger partial charge in [-0.25, -0.2) is 0 Å². The molecule has 0 bridgehead atoms. The van der Waals surface area contributed by atoms with E-state index in [-0.39, 0.29) is 5.91 Å². The molecule has 3 heteroatoms. The van der Waals surface area contributed by atoms with Gasteiger partial charge in [0, 0.05) is 0 Å². The standard InChI is InChI=1S/C18H18N2O/c1-11-4-6-14(7-5-11)15-10-18(21)20-17-9-13(3)12(2)8-16(17)19-15/h4-9H,10H2,1-3H3,(H,20,21). The SMILES string of the molecule is Cc1ccc(C2=Nc3cc(C)c(C)cc3NC(=O)C2)cc1. The van der Waals surface area contributed by atoms with E-state index in [0.717, 1.165) is 28.2 Å². The van der Waals surface area contributed by atoms with E-state index in [1.165, 1.54) is 11.1 Å². The highest BCUT2D eigenvalue weighted by molar-refractivity contribution is 6.16. The highest BCUT2D eigenvalue weighted by Crippen LogP contribution is 2.31. The first kappa shape index (κ1) is 13.6. The lowest BCUT2D eigenvalue weighted by atomic mass is 10.1. The van der Waals surface area contributed by atoms with Crippen LogP contribution in [0.2, 0.25) is 0 Å². The summed E-state index contributed by atoms with van der Waals surface area (Å²) < 4.78 is 0. The van der Waals surface area contributed by atoms with Gasteiger partial charge in [-0.15, -0.1) is 0 Å². The fourth-order valence-corrected chi connectivity index (χ4v) is 2.44. The molecule has 106 valence electrons. The van der Waals surface area contributed by atoms with Gasteiger partial charge in [0.25, 0.3) is 0 Å². The second kappa shape index (κ2) is 5.17. The average molecular weight is 278 g/mol. The molecule has 0 aromatic heterocycles. The topological polar surface area (TPSA) is 41.5 Å². The van der Waals surface area contributed by atoms with Crippen LogP contribution in [0.4, 0.5) is 11.4 Å². The molecule has 1 aliphatic rings. The van der Waals surface area contributed by atoms with Gasteiger partial charge >= 0.3 is 0 Å². The summed E-state index contributed by atoms with van der Waals surface area (Å²) in [5.41, 5.74) is 6.98. The predicted molar refractivity (Wildman–Crippen MR) is 86.5 cm³/mol. The third kappa shape index (κ3) is 2.72. The lowest BCUT2D eigenvalue weighted by Crippen LogP contribution is -2.15. The number of fused-ring (bicyclic) bond motifs is 1. The Morgan fingerprint density at radius 3 is 2.38 bits per heavy atom. The second-order valence-corrected chi connectivity index (χ2v) is 5.60. The Hall–Kier alpha value is -2.42. The quantitative estimate of drug-likeness (QED) is 0.839. The molecule has 3 nitrogen and oxygen atoms in total. The van der Waals surface area contributed by atoms with Crippen molar-refractivity contribution in [2.24, 2.45) is 4.99 Å². The van der Waals surface area contributed by atoms with Gasteiger partial charge in [-0.1, -0.05) is 29.8 Å². The molecule has 3 rings (SSSR count). The molecule has 0 spiro atoms. The van der Waals surface area contributed by atoms with Gasteiger partial charge in [0.1, 0.15) is 0 Å². The van der Waals surface area contributed by atoms with Crippen LogP contribution in [0.3, 0.4) is 0 Å². The van der Waals surface area contributed by atoms with E-state index < -0.39 is 0 Å². The van der Waals surface area contributed by atoms with Gasteiger partial charge in [-0.2, -0.15) is 0 Å². The minimum atomic E-state index is -0.0173. The fourth-order valence-electron chi connectivity index (χ4n) is 2.44. The van der Waals surface area contributed by atoms with Gasteiger partial charge < -0.3 is 5.32 Å². The molecule has 1 heterocycles. The molecule has 1 amide bonds. The van der Waals surface area contributed by atoms with Crippen LogP contribution >= 0.6 is 0 Å². The number of aryl methyl sites for hydroxylation is 3. The molecule has 2 aromatic rings. The summed E-state index contributed by atoms with van der Waals surface area (Å²) in [5, 5.41) is 2.95. The molecule has 0 saturated heterocycles.